The van der Waals surface area contributed by atoms with Crippen LogP contribution < -0.4 is 5.32 Å². The molecule has 96 valence electrons. The smallest absolute Gasteiger partial charge is 0.0525 e. The monoisotopic (exact) mass is 273 g/mol. The van der Waals surface area contributed by atoms with E-state index >= 15 is 0 Å². The molecule has 0 heterocycles. The first-order chi connectivity index (χ1) is 7.94. The molecule has 2 N–H and O–H groups in total. The van der Waals surface area contributed by atoms with Gasteiger partial charge in [-0.2, -0.15) is 0 Å². The van der Waals surface area contributed by atoms with Crippen molar-refractivity contribution in [1.82, 2.24) is 5.32 Å². The van der Waals surface area contributed by atoms with Gasteiger partial charge in [0.15, 0.2) is 0 Å². The van der Waals surface area contributed by atoms with Crippen molar-refractivity contribution in [1.29, 1.82) is 0 Å². The maximum Gasteiger partial charge on any atom is 0.0525 e. The Hall–Kier alpha value is -0.220. The van der Waals surface area contributed by atoms with Gasteiger partial charge in [-0.15, -0.1) is 11.8 Å². The van der Waals surface area contributed by atoms with Gasteiger partial charge < -0.3 is 10.4 Å². The standard InChI is InChI=1S/C13H20ClNOS/c1-13(2,3)15-9-10-11(14)5-4-6-12(10)17-8-7-16/h4-6,15-16H,7-9H2,1-3H3. The first-order valence-electron chi connectivity index (χ1n) is 5.70. The van der Waals surface area contributed by atoms with Crippen molar-refractivity contribution < 1.29 is 5.11 Å². The van der Waals surface area contributed by atoms with E-state index in [0.29, 0.717) is 5.75 Å². The van der Waals surface area contributed by atoms with Gasteiger partial charge in [-0.3, -0.25) is 0 Å². The summed E-state index contributed by atoms with van der Waals surface area (Å²) in [4.78, 5) is 1.14. The molecule has 0 fully saturated rings. The zero-order chi connectivity index (χ0) is 12.9. The second-order valence-electron chi connectivity index (χ2n) is 4.89. The highest BCUT2D eigenvalue weighted by Gasteiger charge is 2.12. The van der Waals surface area contributed by atoms with Crippen molar-refractivity contribution in [2.45, 2.75) is 37.8 Å². The zero-order valence-electron chi connectivity index (χ0n) is 10.6. The molecule has 0 saturated carbocycles. The van der Waals surface area contributed by atoms with Crippen LogP contribution in [0, 0.1) is 0 Å². The van der Waals surface area contributed by atoms with Gasteiger partial charge in [0, 0.05) is 27.8 Å². The van der Waals surface area contributed by atoms with Gasteiger partial charge in [-0.05, 0) is 38.5 Å². The fourth-order valence-corrected chi connectivity index (χ4v) is 2.49. The lowest BCUT2D eigenvalue weighted by atomic mass is 10.1. The predicted octanol–water partition coefficient (Wildman–Crippen LogP) is 3.31. The fourth-order valence-electron chi connectivity index (χ4n) is 1.35. The Morgan fingerprint density at radius 1 is 1.35 bits per heavy atom. The third-order valence-corrected chi connectivity index (χ3v) is 3.65. The van der Waals surface area contributed by atoms with Crippen LogP contribution in [0.5, 0.6) is 0 Å². The molecule has 1 aromatic carbocycles. The minimum absolute atomic E-state index is 0.0675. The number of thioether (sulfide) groups is 1. The first-order valence-corrected chi connectivity index (χ1v) is 7.06. The average Bonchev–Trinajstić information content (AvgIpc) is 2.23. The van der Waals surface area contributed by atoms with Gasteiger partial charge in [0.05, 0.1) is 6.61 Å². The number of hydrogen-bond acceptors (Lipinski definition) is 3. The first kappa shape index (κ1) is 14.8. The van der Waals surface area contributed by atoms with Crippen LogP contribution in [0.25, 0.3) is 0 Å². The molecule has 0 saturated heterocycles. The van der Waals surface area contributed by atoms with Crippen molar-refractivity contribution in [3.8, 4) is 0 Å². The van der Waals surface area contributed by atoms with E-state index in [1.165, 1.54) is 0 Å². The summed E-state index contributed by atoms with van der Waals surface area (Å²) >= 11 is 7.86. The van der Waals surface area contributed by atoms with Crippen LogP contribution in [0.3, 0.4) is 0 Å². The topological polar surface area (TPSA) is 32.3 Å². The average molecular weight is 274 g/mol. The highest BCUT2D eigenvalue weighted by Crippen LogP contribution is 2.28. The Bertz CT molecular complexity index is 363. The molecule has 0 unspecified atom stereocenters. The van der Waals surface area contributed by atoms with Crippen LogP contribution in [0.2, 0.25) is 5.02 Å². The van der Waals surface area contributed by atoms with E-state index in [-0.39, 0.29) is 12.1 Å². The molecule has 0 aromatic heterocycles. The maximum absolute atomic E-state index is 8.88. The van der Waals surface area contributed by atoms with Crippen LogP contribution in [-0.4, -0.2) is 23.0 Å². The quantitative estimate of drug-likeness (QED) is 0.808. The number of nitrogens with one attached hydrogen (secondary N) is 1. The Labute approximate surface area is 113 Å². The molecule has 0 radical (unpaired) electrons. The third-order valence-electron chi connectivity index (χ3n) is 2.22. The van der Waals surface area contributed by atoms with Crippen molar-refractivity contribution >= 4 is 23.4 Å². The van der Waals surface area contributed by atoms with Gasteiger partial charge in [-0.25, -0.2) is 0 Å². The summed E-state index contributed by atoms with van der Waals surface area (Å²) in [6.07, 6.45) is 0. The minimum Gasteiger partial charge on any atom is -0.396 e. The van der Waals surface area contributed by atoms with Crippen molar-refractivity contribution in [3.63, 3.8) is 0 Å². The molecule has 0 aliphatic rings. The van der Waals surface area contributed by atoms with Crippen LogP contribution in [0.15, 0.2) is 23.1 Å². The van der Waals surface area contributed by atoms with Crippen molar-refractivity contribution in [3.05, 3.63) is 28.8 Å². The van der Waals surface area contributed by atoms with Crippen LogP contribution in [0.1, 0.15) is 26.3 Å². The molecule has 0 bridgehead atoms. The molecule has 0 aliphatic heterocycles. The normalized spacial score (nSPS) is 11.8. The van der Waals surface area contributed by atoms with Crippen LogP contribution in [0.4, 0.5) is 0 Å². The van der Waals surface area contributed by atoms with Gasteiger partial charge >= 0.3 is 0 Å². The zero-order valence-corrected chi connectivity index (χ0v) is 12.2. The molecule has 4 heteroatoms. The number of halogens is 1. The van der Waals surface area contributed by atoms with Crippen LogP contribution in [-0.2, 0) is 6.54 Å². The lowest BCUT2D eigenvalue weighted by Crippen LogP contribution is -2.35. The van der Waals surface area contributed by atoms with Gasteiger partial charge in [0.1, 0.15) is 0 Å². The van der Waals surface area contributed by atoms with E-state index in [4.69, 9.17) is 16.7 Å². The largest absolute Gasteiger partial charge is 0.396 e. The van der Waals surface area contributed by atoms with Crippen LogP contribution >= 0.6 is 23.4 Å². The summed E-state index contributed by atoms with van der Waals surface area (Å²) in [5, 5.41) is 13.1. The molecule has 1 aromatic rings. The Balaban J connectivity index is 2.80. The predicted molar refractivity (Wildman–Crippen MR) is 75.9 cm³/mol. The Kier molecular flexibility index (Phi) is 5.80. The minimum atomic E-state index is 0.0675. The van der Waals surface area contributed by atoms with E-state index in [2.05, 4.69) is 26.1 Å². The number of benzene rings is 1. The van der Waals surface area contributed by atoms with Gasteiger partial charge in [-0.1, -0.05) is 17.7 Å². The summed E-state index contributed by atoms with van der Waals surface area (Å²) in [5.41, 5.74) is 1.18. The lowest BCUT2D eigenvalue weighted by Gasteiger charge is -2.22. The number of aliphatic hydroxyl groups is 1. The molecule has 0 atom stereocenters. The second kappa shape index (κ2) is 6.64. The summed E-state index contributed by atoms with van der Waals surface area (Å²) in [6.45, 7) is 7.32. The Morgan fingerprint density at radius 3 is 2.65 bits per heavy atom. The van der Waals surface area contributed by atoms with E-state index in [1.807, 2.05) is 18.2 Å². The fraction of sp³-hybridized carbons (Fsp3) is 0.538. The molecule has 0 aliphatic carbocycles. The second-order valence-corrected chi connectivity index (χ2v) is 6.44. The molecule has 1 rings (SSSR count). The summed E-state index contributed by atoms with van der Waals surface area (Å²) < 4.78 is 0. The number of rotatable bonds is 5. The maximum atomic E-state index is 8.88. The van der Waals surface area contributed by atoms with Crippen molar-refractivity contribution in [2.75, 3.05) is 12.4 Å². The van der Waals surface area contributed by atoms with E-state index in [0.717, 1.165) is 22.0 Å². The lowest BCUT2D eigenvalue weighted by molar-refractivity contribution is 0.322. The number of aliphatic hydroxyl groups excluding tert-OH is 1. The van der Waals surface area contributed by atoms with E-state index in [9.17, 15) is 0 Å². The highest BCUT2D eigenvalue weighted by atomic mass is 35.5. The van der Waals surface area contributed by atoms with E-state index in [1.54, 1.807) is 11.8 Å². The molecule has 0 amide bonds. The molecular weight excluding hydrogens is 254 g/mol. The summed E-state index contributed by atoms with van der Waals surface area (Å²) in [5.74, 6) is 0.697. The number of hydrogen-bond donors (Lipinski definition) is 2. The molecule has 17 heavy (non-hydrogen) atoms. The summed E-state index contributed by atoms with van der Waals surface area (Å²) in [6, 6.07) is 5.90. The summed E-state index contributed by atoms with van der Waals surface area (Å²) in [7, 11) is 0. The molecule has 2 nitrogen and oxygen atoms in total. The molecule has 0 spiro atoms. The molecular formula is C13H20ClNOS. The third kappa shape index (κ3) is 5.30. The van der Waals surface area contributed by atoms with Crippen molar-refractivity contribution in [2.24, 2.45) is 0 Å². The Morgan fingerprint density at radius 2 is 2.06 bits per heavy atom. The van der Waals surface area contributed by atoms with E-state index < -0.39 is 0 Å². The van der Waals surface area contributed by atoms with Gasteiger partial charge in [0.25, 0.3) is 0 Å². The highest BCUT2D eigenvalue weighted by molar-refractivity contribution is 7.99. The van der Waals surface area contributed by atoms with Gasteiger partial charge in [0.2, 0.25) is 0 Å². The SMILES string of the molecule is CC(C)(C)NCc1c(Cl)cccc1SCCO.